The van der Waals surface area contributed by atoms with Crippen LogP contribution in [0.2, 0.25) is 0 Å². The number of allylic oxidation sites excluding steroid dienone is 1. The molecule has 0 aromatic carbocycles. The molecule has 186 valence electrons. The minimum atomic E-state index is 0.0915. The van der Waals surface area contributed by atoms with Crippen molar-refractivity contribution in [1.29, 1.82) is 0 Å². The average Bonchev–Trinajstić information content (AvgIpc) is 3.23. The zero-order chi connectivity index (χ0) is 23.1. The maximum atomic E-state index is 7.07. The Bertz CT molecular complexity index is 805. The van der Waals surface area contributed by atoms with Crippen LogP contribution in [0.4, 0.5) is 0 Å². The maximum absolute atomic E-state index is 7.07. The van der Waals surface area contributed by atoms with E-state index in [4.69, 9.17) is 4.74 Å². The van der Waals surface area contributed by atoms with Crippen LogP contribution in [-0.2, 0) is 4.74 Å². The monoisotopic (exact) mass is 454 g/mol. The Morgan fingerprint density at radius 2 is 1.85 bits per heavy atom. The SMILES string of the molecule is CC1=C2C[C@H]3[C@@H](CC[C@@H]4C[C@H](N(C)C)CC[C@@]43C)[C@@H]2CC[C@@]2(C1)O[C@@H]1C[C@H](C)CN[C@H]1[C@H]2C. The summed E-state index contributed by atoms with van der Waals surface area (Å²) in [7, 11) is 4.60. The van der Waals surface area contributed by atoms with Gasteiger partial charge in [-0.2, -0.15) is 0 Å². The van der Waals surface area contributed by atoms with E-state index in [-0.39, 0.29) is 5.60 Å². The van der Waals surface area contributed by atoms with Gasteiger partial charge in [0.15, 0.2) is 0 Å². The lowest BCUT2D eigenvalue weighted by molar-refractivity contribution is -0.0758. The van der Waals surface area contributed by atoms with Crippen molar-refractivity contribution in [1.82, 2.24) is 10.2 Å². The van der Waals surface area contributed by atoms with E-state index >= 15 is 0 Å². The lowest BCUT2D eigenvalue weighted by atomic mass is 9.52. The van der Waals surface area contributed by atoms with E-state index in [1.807, 2.05) is 5.57 Å². The van der Waals surface area contributed by atoms with Crippen molar-refractivity contribution in [2.24, 2.45) is 40.9 Å². The van der Waals surface area contributed by atoms with E-state index in [1.54, 1.807) is 5.57 Å². The van der Waals surface area contributed by atoms with E-state index in [2.05, 4.69) is 52.0 Å². The van der Waals surface area contributed by atoms with Gasteiger partial charge >= 0.3 is 0 Å². The fourth-order valence-electron chi connectivity index (χ4n) is 10.3. The molecule has 4 aliphatic carbocycles. The molecular formula is C30H50N2O. The highest BCUT2D eigenvalue weighted by Crippen LogP contribution is 2.65. The minimum Gasteiger partial charge on any atom is -0.369 e. The molecule has 5 fully saturated rings. The molecule has 0 amide bonds. The fraction of sp³-hybridized carbons (Fsp3) is 0.933. The van der Waals surface area contributed by atoms with Crippen LogP contribution in [0.1, 0.15) is 91.9 Å². The van der Waals surface area contributed by atoms with Gasteiger partial charge in [-0.15, -0.1) is 0 Å². The van der Waals surface area contributed by atoms with Crippen molar-refractivity contribution < 1.29 is 4.74 Å². The van der Waals surface area contributed by atoms with Gasteiger partial charge in [0, 0.05) is 18.0 Å². The van der Waals surface area contributed by atoms with E-state index in [9.17, 15) is 0 Å². The Hall–Kier alpha value is -0.380. The molecule has 3 nitrogen and oxygen atoms in total. The Morgan fingerprint density at radius 1 is 1.03 bits per heavy atom. The smallest absolute Gasteiger partial charge is 0.0765 e. The molecule has 0 bridgehead atoms. The summed E-state index contributed by atoms with van der Waals surface area (Å²) in [5, 5.41) is 3.89. The molecule has 3 saturated carbocycles. The second-order valence-electron chi connectivity index (χ2n) is 14.1. The number of rotatable bonds is 1. The summed E-state index contributed by atoms with van der Waals surface area (Å²) in [5.74, 6) is 5.06. The minimum absolute atomic E-state index is 0.0915. The highest BCUT2D eigenvalue weighted by molar-refractivity contribution is 5.29. The highest BCUT2D eigenvalue weighted by atomic mass is 16.5. The number of hydrogen-bond acceptors (Lipinski definition) is 3. The van der Waals surface area contributed by atoms with E-state index in [0.717, 1.165) is 35.6 Å². The number of nitrogens with one attached hydrogen (secondary N) is 1. The van der Waals surface area contributed by atoms with Gasteiger partial charge in [-0.05, 0) is 127 Å². The average molecular weight is 455 g/mol. The van der Waals surface area contributed by atoms with Crippen molar-refractivity contribution in [2.45, 2.75) is 116 Å². The molecule has 6 aliphatic rings. The second-order valence-corrected chi connectivity index (χ2v) is 14.1. The quantitative estimate of drug-likeness (QED) is 0.489. The lowest BCUT2D eigenvalue weighted by Gasteiger charge is -2.55. The number of hydrogen-bond donors (Lipinski definition) is 1. The van der Waals surface area contributed by atoms with Gasteiger partial charge in [-0.3, -0.25) is 0 Å². The maximum Gasteiger partial charge on any atom is 0.0765 e. The molecule has 1 spiro atoms. The van der Waals surface area contributed by atoms with Crippen LogP contribution in [0.5, 0.6) is 0 Å². The first-order valence-corrected chi connectivity index (χ1v) is 14.5. The van der Waals surface area contributed by atoms with Crippen LogP contribution >= 0.6 is 0 Å². The van der Waals surface area contributed by atoms with E-state index in [1.165, 1.54) is 70.8 Å². The van der Waals surface area contributed by atoms with Crippen LogP contribution < -0.4 is 5.32 Å². The van der Waals surface area contributed by atoms with E-state index < -0.39 is 0 Å². The van der Waals surface area contributed by atoms with Gasteiger partial charge < -0.3 is 15.0 Å². The zero-order valence-corrected chi connectivity index (χ0v) is 22.3. The molecule has 3 heteroatoms. The van der Waals surface area contributed by atoms with Gasteiger partial charge in [0.2, 0.25) is 0 Å². The van der Waals surface area contributed by atoms with Gasteiger partial charge in [-0.25, -0.2) is 0 Å². The molecular weight excluding hydrogens is 404 g/mol. The fourth-order valence-corrected chi connectivity index (χ4v) is 10.3. The summed E-state index contributed by atoms with van der Waals surface area (Å²) in [5.41, 5.74) is 4.30. The molecule has 0 unspecified atom stereocenters. The Balaban J connectivity index is 1.25. The Labute approximate surface area is 203 Å². The molecule has 6 rings (SSSR count). The normalized spacial score (nSPS) is 54.1. The van der Waals surface area contributed by atoms with Gasteiger partial charge in [0.05, 0.1) is 11.7 Å². The summed E-state index contributed by atoms with van der Waals surface area (Å²) < 4.78 is 7.07. The molecule has 0 aromatic rings. The highest BCUT2D eigenvalue weighted by Gasteiger charge is 2.59. The van der Waals surface area contributed by atoms with Crippen molar-refractivity contribution in [2.75, 3.05) is 20.6 Å². The first-order valence-electron chi connectivity index (χ1n) is 14.5. The predicted molar refractivity (Wildman–Crippen MR) is 136 cm³/mol. The third kappa shape index (κ3) is 3.45. The van der Waals surface area contributed by atoms with Crippen LogP contribution in [-0.4, -0.2) is 49.3 Å². The lowest BCUT2D eigenvalue weighted by Crippen LogP contribution is -2.49. The first kappa shape index (κ1) is 23.0. The summed E-state index contributed by atoms with van der Waals surface area (Å²) in [6.45, 7) is 11.3. The summed E-state index contributed by atoms with van der Waals surface area (Å²) in [6.07, 6.45) is 14.2. The van der Waals surface area contributed by atoms with Crippen LogP contribution in [0.25, 0.3) is 0 Å². The van der Waals surface area contributed by atoms with Gasteiger partial charge in [-0.1, -0.05) is 31.9 Å². The van der Waals surface area contributed by atoms with Crippen LogP contribution in [0.15, 0.2) is 11.1 Å². The Kier molecular flexibility index (Phi) is 5.63. The summed E-state index contributed by atoms with van der Waals surface area (Å²) >= 11 is 0. The van der Waals surface area contributed by atoms with Crippen molar-refractivity contribution in [3.8, 4) is 0 Å². The zero-order valence-electron chi connectivity index (χ0n) is 22.3. The number of nitrogens with zero attached hydrogens (tertiary/aromatic N) is 1. The van der Waals surface area contributed by atoms with Crippen LogP contribution in [0, 0.1) is 40.9 Å². The topological polar surface area (TPSA) is 24.5 Å². The molecule has 0 aromatic heterocycles. The molecule has 33 heavy (non-hydrogen) atoms. The molecule has 1 N–H and O–H groups in total. The predicted octanol–water partition coefficient (Wildman–Crippen LogP) is 6.04. The largest absolute Gasteiger partial charge is 0.369 e. The van der Waals surface area contributed by atoms with Crippen molar-refractivity contribution >= 4 is 0 Å². The van der Waals surface area contributed by atoms with Crippen molar-refractivity contribution in [3.63, 3.8) is 0 Å². The molecule has 11 atom stereocenters. The van der Waals surface area contributed by atoms with Gasteiger partial charge in [0.1, 0.15) is 0 Å². The molecule has 0 radical (unpaired) electrons. The number of fused-ring (bicyclic) bond motifs is 6. The van der Waals surface area contributed by atoms with Crippen molar-refractivity contribution in [3.05, 3.63) is 11.1 Å². The summed E-state index contributed by atoms with van der Waals surface area (Å²) in [6, 6.07) is 1.39. The van der Waals surface area contributed by atoms with Crippen LogP contribution in [0.3, 0.4) is 0 Å². The number of piperidine rings is 1. The molecule has 2 heterocycles. The second kappa shape index (κ2) is 8.07. The van der Waals surface area contributed by atoms with E-state index in [0.29, 0.717) is 23.5 Å². The standard InChI is InChI=1S/C30H50N2O/c1-18-13-27-28(31-17-18)20(3)30(33-27)12-10-23-24-8-7-21-14-22(32(5)6)9-11-29(21,4)26(24)15-25(23)19(2)16-30/h18,20-24,26-28,31H,7-17H2,1-6H3/t18-,20+,21+,22+,23-,24-,26-,27+,28-,29-,30-/m0/s1. The third-order valence-corrected chi connectivity index (χ3v) is 12.3. The first-order chi connectivity index (χ1) is 15.7. The molecule has 2 saturated heterocycles. The van der Waals surface area contributed by atoms with Gasteiger partial charge in [0.25, 0.3) is 0 Å². The third-order valence-electron chi connectivity index (χ3n) is 12.3. The molecule has 2 aliphatic heterocycles. The Morgan fingerprint density at radius 3 is 2.64 bits per heavy atom. The summed E-state index contributed by atoms with van der Waals surface area (Å²) in [4.78, 5) is 2.51. The number of ether oxygens (including phenoxy) is 1.